The van der Waals surface area contributed by atoms with Crippen LogP contribution in [0.3, 0.4) is 0 Å². The Bertz CT molecular complexity index is 1340. The number of carboxylic acids is 1. The lowest BCUT2D eigenvalue weighted by Crippen LogP contribution is -2.25. The smallest absolute Gasteiger partial charge is 0.416 e. The van der Waals surface area contributed by atoms with E-state index in [-0.39, 0.29) is 10.5 Å². The molecule has 0 bridgehead atoms. The van der Waals surface area contributed by atoms with E-state index >= 15 is 0 Å². The van der Waals surface area contributed by atoms with Gasteiger partial charge >= 0.3 is 12.1 Å². The average molecular weight is 558 g/mol. The van der Waals surface area contributed by atoms with Crippen LogP contribution in [-0.4, -0.2) is 33.2 Å². The standard InChI is InChI=1S/C29H26F3NO3S2/c1-18-14-23(12-13-24(18)36-17-27(34)35)37-26(16-20-6-4-3-5-7-20)25-15-19(2)33-28(38-25)21-8-10-22(11-9-21)29(30,31)32/h3-15,25-26H,16-17H2,1-2H3,(H,34,35). The van der Waals surface area contributed by atoms with Gasteiger partial charge in [0.05, 0.1) is 5.56 Å². The molecule has 198 valence electrons. The number of carbonyl (C=O) groups is 1. The molecule has 2 atom stereocenters. The number of aryl methyl sites for hydroxylation is 1. The monoisotopic (exact) mass is 557 g/mol. The average Bonchev–Trinajstić information content (AvgIpc) is 2.87. The molecule has 0 aromatic heterocycles. The third-order valence-electron chi connectivity index (χ3n) is 5.82. The van der Waals surface area contributed by atoms with Gasteiger partial charge in [0.2, 0.25) is 0 Å². The topological polar surface area (TPSA) is 58.9 Å². The number of benzene rings is 3. The van der Waals surface area contributed by atoms with Crippen molar-refractivity contribution >= 4 is 34.5 Å². The van der Waals surface area contributed by atoms with Gasteiger partial charge in [0.25, 0.3) is 0 Å². The number of halogens is 3. The third-order valence-corrected chi connectivity index (χ3v) is 8.57. The van der Waals surface area contributed by atoms with E-state index in [1.54, 1.807) is 29.6 Å². The number of nitrogens with zero attached hydrogens (tertiary/aromatic N) is 1. The normalized spacial score (nSPS) is 16.4. The minimum atomic E-state index is -4.39. The van der Waals surface area contributed by atoms with Gasteiger partial charge in [-0.05, 0) is 67.8 Å². The van der Waals surface area contributed by atoms with Crippen LogP contribution in [0.15, 0.2) is 94.5 Å². The van der Waals surface area contributed by atoms with E-state index in [9.17, 15) is 18.0 Å². The second-order valence-electron chi connectivity index (χ2n) is 8.84. The first-order valence-electron chi connectivity index (χ1n) is 11.9. The molecule has 4 rings (SSSR count). The van der Waals surface area contributed by atoms with Gasteiger partial charge in [0.1, 0.15) is 10.8 Å². The van der Waals surface area contributed by atoms with Gasteiger partial charge in [-0.25, -0.2) is 9.79 Å². The Morgan fingerprint density at radius 3 is 2.42 bits per heavy atom. The summed E-state index contributed by atoms with van der Waals surface area (Å²) in [7, 11) is 0. The maximum absolute atomic E-state index is 13.1. The maximum atomic E-state index is 13.1. The number of thioether (sulfide) groups is 2. The first kappa shape index (κ1) is 27.9. The molecule has 0 spiro atoms. The van der Waals surface area contributed by atoms with Crippen molar-refractivity contribution < 1.29 is 27.8 Å². The quantitative estimate of drug-likeness (QED) is 0.274. The van der Waals surface area contributed by atoms with Crippen molar-refractivity contribution in [2.24, 2.45) is 4.99 Å². The molecule has 0 fully saturated rings. The van der Waals surface area contributed by atoms with Crippen molar-refractivity contribution in [3.05, 3.63) is 107 Å². The molecule has 1 aliphatic rings. The van der Waals surface area contributed by atoms with E-state index in [4.69, 9.17) is 9.84 Å². The summed E-state index contributed by atoms with van der Waals surface area (Å²) in [6.45, 7) is 3.38. The van der Waals surface area contributed by atoms with Crippen LogP contribution < -0.4 is 4.74 Å². The van der Waals surface area contributed by atoms with Crippen LogP contribution in [0.5, 0.6) is 5.75 Å². The van der Waals surface area contributed by atoms with E-state index in [1.807, 2.05) is 44.2 Å². The molecule has 3 aromatic carbocycles. The van der Waals surface area contributed by atoms with Crippen molar-refractivity contribution in [3.63, 3.8) is 0 Å². The molecule has 3 aromatic rings. The number of carboxylic acid groups (broad SMARTS) is 1. The lowest BCUT2D eigenvalue weighted by Gasteiger charge is -2.28. The van der Waals surface area contributed by atoms with Gasteiger partial charge in [0.15, 0.2) is 6.61 Å². The van der Waals surface area contributed by atoms with Crippen LogP contribution in [0.4, 0.5) is 13.2 Å². The van der Waals surface area contributed by atoms with Crippen molar-refractivity contribution in [3.8, 4) is 5.75 Å². The SMILES string of the molecule is CC1=CC(C(Cc2ccccc2)Sc2ccc(OCC(=O)O)c(C)c2)SC(c2ccc(C(F)(F)F)cc2)=N1. The Labute approximate surface area is 228 Å². The van der Waals surface area contributed by atoms with E-state index in [2.05, 4.69) is 23.2 Å². The van der Waals surface area contributed by atoms with Gasteiger partial charge in [-0.2, -0.15) is 13.2 Å². The van der Waals surface area contributed by atoms with Crippen LogP contribution in [0.25, 0.3) is 0 Å². The minimum absolute atomic E-state index is 0.0123. The molecule has 1 aliphatic heterocycles. The molecule has 9 heteroatoms. The zero-order chi connectivity index (χ0) is 27.3. The van der Waals surface area contributed by atoms with Crippen LogP contribution >= 0.6 is 23.5 Å². The predicted octanol–water partition coefficient (Wildman–Crippen LogP) is 7.65. The van der Waals surface area contributed by atoms with Crippen LogP contribution in [0.1, 0.15) is 29.2 Å². The van der Waals surface area contributed by atoms with Crippen LogP contribution in [0, 0.1) is 6.92 Å². The van der Waals surface area contributed by atoms with Gasteiger partial charge in [-0.3, -0.25) is 0 Å². The first-order chi connectivity index (χ1) is 18.1. The van der Waals surface area contributed by atoms with Crippen molar-refractivity contribution in [2.75, 3.05) is 6.61 Å². The number of rotatable bonds is 9. The number of ether oxygens (including phenoxy) is 1. The zero-order valence-corrected chi connectivity index (χ0v) is 22.4. The minimum Gasteiger partial charge on any atom is -0.482 e. The summed E-state index contributed by atoms with van der Waals surface area (Å²) in [5.41, 5.74) is 2.80. The highest BCUT2D eigenvalue weighted by Gasteiger charge is 2.31. The number of aliphatic imine (C=N–C) groups is 1. The zero-order valence-electron chi connectivity index (χ0n) is 20.7. The van der Waals surface area contributed by atoms with Crippen LogP contribution in [0.2, 0.25) is 0 Å². The molecule has 0 saturated carbocycles. The van der Waals surface area contributed by atoms with E-state index in [0.29, 0.717) is 16.4 Å². The Balaban J connectivity index is 1.58. The largest absolute Gasteiger partial charge is 0.482 e. The molecule has 1 N–H and O–H groups in total. The summed E-state index contributed by atoms with van der Waals surface area (Å²) >= 11 is 3.25. The molecular formula is C29H26F3NO3S2. The van der Waals surface area contributed by atoms with Gasteiger partial charge in [0, 0.05) is 26.7 Å². The lowest BCUT2D eigenvalue weighted by atomic mass is 10.1. The molecule has 0 radical (unpaired) electrons. The maximum Gasteiger partial charge on any atom is 0.416 e. The summed E-state index contributed by atoms with van der Waals surface area (Å²) < 4.78 is 44.5. The molecule has 38 heavy (non-hydrogen) atoms. The van der Waals surface area contributed by atoms with Gasteiger partial charge < -0.3 is 9.84 Å². The van der Waals surface area contributed by atoms with Crippen molar-refractivity contribution in [1.82, 2.24) is 0 Å². The van der Waals surface area contributed by atoms with Crippen LogP contribution in [-0.2, 0) is 17.4 Å². The fourth-order valence-electron chi connectivity index (χ4n) is 3.98. The highest BCUT2D eigenvalue weighted by molar-refractivity contribution is 8.16. The van der Waals surface area contributed by atoms with E-state index < -0.39 is 24.3 Å². The Morgan fingerprint density at radius 2 is 1.79 bits per heavy atom. The molecular weight excluding hydrogens is 531 g/mol. The predicted molar refractivity (Wildman–Crippen MR) is 147 cm³/mol. The van der Waals surface area contributed by atoms with Gasteiger partial charge in [-0.1, -0.05) is 54.2 Å². The second kappa shape index (κ2) is 12.1. The summed E-state index contributed by atoms with van der Waals surface area (Å²) in [5.74, 6) is -0.511. The molecule has 4 nitrogen and oxygen atoms in total. The molecule has 1 heterocycles. The summed E-state index contributed by atoms with van der Waals surface area (Å²) in [4.78, 5) is 16.5. The van der Waals surface area contributed by atoms with Crippen molar-refractivity contribution in [2.45, 2.75) is 41.8 Å². The fourth-order valence-corrected chi connectivity index (χ4v) is 6.79. The molecule has 2 unspecified atom stereocenters. The highest BCUT2D eigenvalue weighted by Crippen LogP contribution is 2.39. The first-order valence-corrected chi connectivity index (χ1v) is 13.6. The number of hydrogen-bond donors (Lipinski definition) is 1. The summed E-state index contributed by atoms with van der Waals surface area (Å²) in [5, 5.41) is 9.69. The number of alkyl halides is 3. The fraction of sp³-hybridized carbons (Fsp3) is 0.241. The second-order valence-corrected chi connectivity index (χ2v) is 11.3. The third kappa shape index (κ3) is 7.45. The molecule has 0 aliphatic carbocycles. The Morgan fingerprint density at radius 1 is 1.08 bits per heavy atom. The Hall–Kier alpha value is -3.17. The van der Waals surface area contributed by atoms with E-state index in [1.165, 1.54) is 17.7 Å². The lowest BCUT2D eigenvalue weighted by molar-refractivity contribution is -0.139. The van der Waals surface area contributed by atoms with E-state index in [0.717, 1.165) is 34.7 Å². The summed E-state index contributed by atoms with van der Waals surface area (Å²) in [6, 6.07) is 20.9. The summed E-state index contributed by atoms with van der Waals surface area (Å²) in [6.07, 6.45) is -1.51. The number of allylic oxidation sites excluding steroid dienone is 1. The molecule has 0 saturated heterocycles. The Kier molecular flexibility index (Phi) is 8.89. The van der Waals surface area contributed by atoms with Gasteiger partial charge in [-0.15, -0.1) is 11.8 Å². The number of aliphatic carboxylic acids is 1. The van der Waals surface area contributed by atoms with Crippen molar-refractivity contribution in [1.29, 1.82) is 0 Å². The molecule has 0 amide bonds. The number of hydrogen-bond acceptors (Lipinski definition) is 5. The highest BCUT2D eigenvalue weighted by atomic mass is 32.2.